The van der Waals surface area contributed by atoms with Gasteiger partial charge in [-0.1, -0.05) is 12.8 Å². The molecule has 0 unspecified atom stereocenters. The third-order valence-corrected chi connectivity index (χ3v) is 5.31. The second-order valence-corrected chi connectivity index (χ2v) is 6.46. The fraction of sp³-hybridized carbons (Fsp3) is 0.778. The minimum atomic E-state index is -3.17. The van der Waals surface area contributed by atoms with Gasteiger partial charge in [-0.2, -0.15) is 9.40 Å². The van der Waals surface area contributed by atoms with E-state index < -0.39 is 10.0 Å². The van der Waals surface area contributed by atoms with Crippen molar-refractivity contribution in [2.24, 2.45) is 0 Å². The van der Waals surface area contributed by atoms with Crippen LogP contribution in [0.4, 0.5) is 0 Å². The summed E-state index contributed by atoms with van der Waals surface area (Å²) in [4.78, 5) is 3.92. The molecule has 1 aromatic heterocycles. The molecule has 0 saturated heterocycles. The number of sulfonamides is 1. The summed E-state index contributed by atoms with van der Waals surface area (Å²) in [5.74, 6) is 0.573. The second kappa shape index (κ2) is 4.50. The number of hydrogen-bond donors (Lipinski definition) is 1. The number of H-pyrrole nitrogens is 1. The molecule has 16 heavy (non-hydrogen) atoms. The summed E-state index contributed by atoms with van der Waals surface area (Å²) in [5.41, 5.74) is 0. The van der Waals surface area contributed by atoms with Gasteiger partial charge < -0.3 is 0 Å². The fourth-order valence-electron chi connectivity index (χ4n) is 2.05. The van der Waals surface area contributed by atoms with E-state index in [0.29, 0.717) is 5.82 Å². The van der Waals surface area contributed by atoms with Gasteiger partial charge in [-0.3, -0.25) is 5.10 Å². The van der Waals surface area contributed by atoms with Crippen LogP contribution in [0.5, 0.6) is 0 Å². The van der Waals surface area contributed by atoms with Gasteiger partial charge >= 0.3 is 0 Å². The van der Waals surface area contributed by atoms with E-state index in [9.17, 15) is 8.42 Å². The van der Waals surface area contributed by atoms with E-state index in [2.05, 4.69) is 15.2 Å². The third-order valence-electron chi connectivity index (χ3n) is 3.00. The van der Waals surface area contributed by atoms with Crippen molar-refractivity contribution in [1.29, 1.82) is 0 Å². The lowest BCUT2D eigenvalue weighted by atomic mass is 10.4. The topological polar surface area (TPSA) is 79.0 Å². The predicted octanol–water partition coefficient (Wildman–Crippen LogP) is 0.509. The van der Waals surface area contributed by atoms with Crippen LogP contribution < -0.4 is 0 Å². The summed E-state index contributed by atoms with van der Waals surface area (Å²) in [7, 11) is -1.58. The zero-order chi connectivity index (χ0) is 11.6. The highest BCUT2D eigenvalue weighted by Crippen LogP contribution is 2.26. The molecule has 0 amide bonds. The maximum atomic E-state index is 12.1. The molecule has 0 atom stereocenters. The van der Waals surface area contributed by atoms with Crippen molar-refractivity contribution in [1.82, 2.24) is 19.5 Å². The maximum absolute atomic E-state index is 12.1. The van der Waals surface area contributed by atoms with Crippen LogP contribution in [0.15, 0.2) is 6.33 Å². The molecule has 1 N–H and O–H groups in total. The molecule has 1 fully saturated rings. The molecule has 0 aliphatic heterocycles. The highest BCUT2D eigenvalue weighted by molar-refractivity contribution is 7.89. The second-order valence-electron chi connectivity index (χ2n) is 4.14. The minimum absolute atomic E-state index is 0.208. The van der Waals surface area contributed by atoms with E-state index in [-0.39, 0.29) is 11.8 Å². The van der Waals surface area contributed by atoms with Gasteiger partial charge in [0.25, 0.3) is 0 Å². The van der Waals surface area contributed by atoms with Crippen molar-refractivity contribution < 1.29 is 8.42 Å². The average molecular weight is 244 g/mol. The Kier molecular flexibility index (Phi) is 3.25. The van der Waals surface area contributed by atoms with E-state index >= 15 is 0 Å². The molecule has 0 bridgehead atoms. The molecule has 2 rings (SSSR count). The SMILES string of the molecule is CN(Cc1ncn[nH]1)S(=O)(=O)C1CCCC1. The summed E-state index contributed by atoms with van der Waals surface area (Å²) < 4.78 is 25.6. The Hall–Kier alpha value is -0.950. The summed E-state index contributed by atoms with van der Waals surface area (Å²) in [6, 6.07) is 0. The van der Waals surface area contributed by atoms with Crippen molar-refractivity contribution in [2.75, 3.05) is 7.05 Å². The fourth-order valence-corrected chi connectivity index (χ4v) is 3.79. The van der Waals surface area contributed by atoms with E-state index in [0.717, 1.165) is 25.7 Å². The van der Waals surface area contributed by atoms with Crippen LogP contribution in [0.1, 0.15) is 31.5 Å². The van der Waals surface area contributed by atoms with E-state index in [1.54, 1.807) is 7.05 Å². The minimum Gasteiger partial charge on any atom is -0.262 e. The van der Waals surface area contributed by atoms with Gasteiger partial charge in [-0.25, -0.2) is 13.4 Å². The number of nitrogens with one attached hydrogen (secondary N) is 1. The van der Waals surface area contributed by atoms with Crippen molar-refractivity contribution in [3.63, 3.8) is 0 Å². The lowest BCUT2D eigenvalue weighted by Crippen LogP contribution is -2.34. The molecule has 1 aliphatic rings. The van der Waals surface area contributed by atoms with E-state index in [4.69, 9.17) is 0 Å². The maximum Gasteiger partial charge on any atom is 0.217 e. The standard InChI is InChI=1S/C9H16N4O2S/c1-13(6-9-10-7-11-12-9)16(14,15)8-4-2-3-5-8/h7-8H,2-6H2,1H3,(H,10,11,12). The lowest BCUT2D eigenvalue weighted by molar-refractivity contribution is 0.446. The molecular formula is C9H16N4O2S. The average Bonchev–Trinajstić information content (AvgIpc) is 2.89. The Morgan fingerprint density at radius 2 is 2.19 bits per heavy atom. The van der Waals surface area contributed by atoms with Gasteiger partial charge in [-0.05, 0) is 12.8 Å². The molecule has 90 valence electrons. The van der Waals surface area contributed by atoms with Crippen LogP contribution >= 0.6 is 0 Å². The van der Waals surface area contributed by atoms with Crippen LogP contribution in [0.2, 0.25) is 0 Å². The largest absolute Gasteiger partial charge is 0.262 e. The van der Waals surface area contributed by atoms with Gasteiger partial charge in [0.1, 0.15) is 12.2 Å². The number of aromatic nitrogens is 3. The molecule has 0 spiro atoms. The molecule has 1 aliphatic carbocycles. The van der Waals surface area contributed by atoms with Gasteiger partial charge in [0.05, 0.1) is 11.8 Å². The molecule has 1 aromatic rings. The van der Waals surface area contributed by atoms with Crippen LogP contribution in [-0.2, 0) is 16.6 Å². The molecule has 1 heterocycles. The van der Waals surface area contributed by atoms with Gasteiger partial charge in [0.2, 0.25) is 10.0 Å². The van der Waals surface area contributed by atoms with Gasteiger partial charge in [0.15, 0.2) is 0 Å². The van der Waals surface area contributed by atoms with E-state index in [1.807, 2.05) is 0 Å². The number of aromatic amines is 1. The Balaban J connectivity index is 2.05. The summed E-state index contributed by atoms with van der Waals surface area (Å²) in [6.07, 6.45) is 4.97. The Morgan fingerprint density at radius 1 is 1.50 bits per heavy atom. The van der Waals surface area contributed by atoms with Crippen molar-refractivity contribution in [3.8, 4) is 0 Å². The summed E-state index contributed by atoms with van der Waals surface area (Å²) in [6.45, 7) is 0.263. The number of nitrogens with zero attached hydrogens (tertiary/aromatic N) is 3. The van der Waals surface area contributed by atoms with Gasteiger partial charge in [0, 0.05) is 7.05 Å². The predicted molar refractivity (Wildman–Crippen MR) is 59.0 cm³/mol. The first-order valence-electron chi connectivity index (χ1n) is 5.40. The number of hydrogen-bond acceptors (Lipinski definition) is 4. The monoisotopic (exact) mass is 244 g/mol. The third kappa shape index (κ3) is 2.25. The zero-order valence-corrected chi connectivity index (χ0v) is 10.1. The Morgan fingerprint density at radius 3 is 2.75 bits per heavy atom. The smallest absolute Gasteiger partial charge is 0.217 e. The molecule has 0 aromatic carbocycles. The van der Waals surface area contributed by atoms with Crippen LogP contribution in [0, 0.1) is 0 Å². The van der Waals surface area contributed by atoms with Crippen LogP contribution in [-0.4, -0.2) is 40.2 Å². The van der Waals surface area contributed by atoms with Crippen molar-refractivity contribution in [2.45, 2.75) is 37.5 Å². The molecule has 6 nitrogen and oxygen atoms in total. The zero-order valence-electron chi connectivity index (χ0n) is 9.26. The Labute approximate surface area is 95.1 Å². The molecule has 7 heteroatoms. The van der Waals surface area contributed by atoms with Crippen molar-refractivity contribution in [3.05, 3.63) is 12.2 Å². The number of rotatable bonds is 4. The lowest BCUT2D eigenvalue weighted by Gasteiger charge is -2.20. The first-order valence-corrected chi connectivity index (χ1v) is 6.90. The highest BCUT2D eigenvalue weighted by atomic mass is 32.2. The van der Waals surface area contributed by atoms with Crippen LogP contribution in [0.25, 0.3) is 0 Å². The molecular weight excluding hydrogens is 228 g/mol. The molecule has 1 saturated carbocycles. The highest BCUT2D eigenvalue weighted by Gasteiger charge is 2.32. The summed E-state index contributed by atoms with van der Waals surface area (Å²) in [5, 5.41) is 6.15. The summed E-state index contributed by atoms with van der Waals surface area (Å²) >= 11 is 0. The first-order chi connectivity index (χ1) is 7.60. The van der Waals surface area contributed by atoms with E-state index in [1.165, 1.54) is 10.6 Å². The van der Waals surface area contributed by atoms with Crippen LogP contribution in [0.3, 0.4) is 0 Å². The quantitative estimate of drug-likeness (QED) is 0.837. The van der Waals surface area contributed by atoms with Crippen molar-refractivity contribution >= 4 is 10.0 Å². The normalized spacial score (nSPS) is 18.4. The van der Waals surface area contributed by atoms with Gasteiger partial charge in [-0.15, -0.1) is 0 Å². The Bertz CT molecular complexity index is 422. The molecule has 0 radical (unpaired) electrons. The first kappa shape index (κ1) is 11.5.